The number of fused-ring (bicyclic) bond motifs is 1. The number of halogens is 1. The molecule has 0 aliphatic carbocycles. The van der Waals surface area contributed by atoms with E-state index in [-0.39, 0.29) is 0 Å². The Labute approximate surface area is 123 Å². The highest BCUT2D eigenvalue weighted by Gasteiger charge is 2.13. The highest BCUT2D eigenvalue weighted by Crippen LogP contribution is 2.29. The SMILES string of the molecule is Cc1cc(-c2nc3ccc(N)c(C)n3c2C)ccc1Cl. The Hall–Kier alpha value is -2.00. The normalized spacial score (nSPS) is 11.2. The Bertz CT molecular complexity index is 818. The zero-order valence-corrected chi connectivity index (χ0v) is 12.5. The minimum Gasteiger partial charge on any atom is -0.397 e. The Morgan fingerprint density at radius 1 is 1.05 bits per heavy atom. The molecule has 0 amide bonds. The highest BCUT2D eigenvalue weighted by atomic mass is 35.5. The first-order valence-electron chi connectivity index (χ1n) is 6.49. The molecule has 0 bridgehead atoms. The van der Waals surface area contributed by atoms with Crippen molar-refractivity contribution in [3.8, 4) is 11.3 Å². The average Bonchev–Trinajstić information content (AvgIpc) is 2.75. The van der Waals surface area contributed by atoms with Crippen molar-refractivity contribution >= 4 is 22.9 Å². The Morgan fingerprint density at radius 3 is 2.50 bits per heavy atom. The molecule has 2 aromatic heterocycles. The van der Waals surface area contributed by atoms with E-state index in [1.54, 1.807) is 0 Å². The van der Waals surface area contributed by atoms with Crippen molar-refractivity contribution in [1.82, 2.24) is 9.38 Å². The molecule has 0 radical (unpaired) electrons. The molecule has 20 heavy (non-hydrogen) atoms. The second-order valence-corrected chi connectivity index (χ2v) is 5.48. The predicted octanol–water partition coefficient (Wildman–Crippen LogP) is 4.16. The zero-order chi connectivity index (χ0) is 14.4. The van der Waals surface area contributed by atoms with Gasteiger partial charge in [-0.05, 0) is 50.6 Å². The van der Waals surface area contributed by atoms with Gasteiger partial charge in [-0.2, -0.15) is 0 Å². The molecule has 3 rings (SSSR count). The van der Waals surface area contributed by atoms with Crippen LogP contribution in [-0.2, 0) is 0 Å². The molecule has 3 nitrogen and oxygen atoms in total. The van der Waals surface area contributed by atoms with Crippen LogP contribution < -0.4 is 5.73 Å². The van der Waals surface area contributed by atoms with Gasteiger partial charge in [-0.25, -0.2) is 4.98 Å². The summed E-state index contributed by atoms with van der Waals surface area (Å²) in [6.45, 7) is 6.07. The van der Waals surface area contributed by atoms with Crippen molar-refractivity contribution in [3.63, 3.8) is 0 Å². The van der Waals surface area contributed by atoms with Gasteiger partial charge in [0.1, 0.15) is 5.65 Å². The second kappa shape index (κ2) is 4.53. The fourth-order valence-corrected chi connectivity index (χ4v) is 2.66. The van der Waals surface area contributed by atoms with Crippen LogP contribution in [0.15, 0.2) is 30.3 Å². The van der Waals surface area contributed by atoms with Gasteiger partial charge in [0.05, 0.1) is 11.4 Å². The van der Waals surface area contributed by atoms with Crippen molar-refractivity contribution in [2.45, 2.75) is 20.8 Å². The third-order valence-electron chi connectivity index (χ3n) is 3.73. The van der Waals surface area contributed by atoms with Gasteiger partial charge < -0.3 is 5.73 Å². The molecule has 0 atom stereocenters. The number of aryl methyl sites for hydroxylation is 3. The van der Waals surface area contributed by atoms with Crippen LogP contribution in [0, 0.1) is 20.8 Å². The summed E-state index contributed by atoms with van der Waals surface area (Å²) in [5, 5.41) is 0.774. The summed E-state index contributed by atoms with van der Waals surface area (Å²) >= 11 is 6.09. The summed E-state index contributed by atoms with van der Waals surface area (Å²) in [7, 11) is 0. The first-order chi connectivity index (χ1) is 9.49. The first-order valence-corrected chi connectivity index (χ1v) is 6.87. The molecule has 2 N–H and O–H groups in total. The lowest BCUT2D eigenvalue weighted by molar-refractivity contribution is 1.04. The molecular weight excluding hydrogens is 270 g/mol. The summed E-state index contributed by atoms with van der Waals surface area (Å²) in [6.07, 6.45) is 0. The highest BCUT2D eigenvalue weighted by molar-refractivity contribution is 6.31. The molecule has 3 aromatic rings. The lowest BCUT2D eigenvalue weighted by Gasteiger charge is -2.06. The van der Waals surface area contributed by atoms with Gasteiger partial charge >= 0.3 is 0 Å². The van der Waals surface area contributed by atoms with E-state index in [9.17, 15) is 0 Å². The van der Waals surface area contributed by atoms with Crippen molar-refractivity contribution in [2.24, 2.45) is 0 Å². The maximum absolute atomic E-state index is 6.09. The van der Waals surface area contributed by atoms with E-state index >= 15 is 0 Å². The van der Waals surface area contributed by atoms with Gasteiger partial charge in [-0.1, -0.05) is 17.7 Å². The number of pyridine rings is 1. The molecule has 0 unspecified atom stereocenters. The molecule has 4 heteroatoms. The number of anilines is 1. The van der Waals surface area contributed by atoms with Crippen molar-refractivity contribution < 1.29 is 0 Å². The number of benzene rings is 1. The predicted molar refractivity (Wildman–Crippen MR) is 84.3 cm³/mol. The van der Waals surface area contributed by atoms with Gasteiger partial charge in [0.15, 0.2) is 0 Å². The molecule has 2 heterocycles. The van der Waals surface area contributed by atoms with Gasteiger partial charge in [0, 0.05) is 22.0 Å². The minimum atomic E-state index is 0.774. The maximum Gasteiger partial charge on any atom is 0.138 e. The lowest BCUT2D eigenvalue weighted by Crippen LogP contribution is -1.99. The summed E-state index contributed by atoms with van der Waals surface area (Å²) < 4.78 is 2.09. The van der Waals surface area contributed by atoms with Gasteiger partial charge in [0.25, 0.3) is 0 Å². The molecule has 0 saturated carbocycles. The van der Waals surface area contributed by atoms with E-state index in [0.717, 1.165) is 44.6 Å². The van der Waals surface area contributed by atoms with Crippen LogP contribution in [-0.4, -0.2) is 9.38 Å². The van der Waals surface area contributed by atoms with Crippen LogP contribution in [0.3, 0.4) is 0 Å². The van der Waals surface area contributed by atoms with Gasteiger partial charge in [-0.3, -0.25) is 4.40 Å². The van der Waals surface area contributed by atoms with E-state index < -0.39 is 0 Å². The Kier molecular flexibility index (Phi) is 2.94. The Morgan fingerprint density at radius 2 is 1.80 bits per heavy atom. The molecule has 0 fully saturated rings. The summed E-state index contributed by atoms with van der Waals surface area (Å²) in [6, 6.07) is 9.82. The third-order valence-corrected chi connectivity index (χ3v) is 4.15. The number of hydrogen-bond acceptors (Lipinski definition) is 2. The maximum atomic E-state index is 6.09. The van der Waals surface area contributed by atoms with Crippen LogP contribution in [0.25, 0.3) is 16.9 Å². The summed E-state index contributed by atoms with van der Waals surface area (Å²) in [4.78, 5) is 4.72. The van der Waals surface area contributed by atoms with Crippen molar-refractivity contribution in [2.75, 3.05) is 5.73 Å². The molecule has 1 aromatic carbocycles. The molecule has 0 aliphatic heterocycles. The quantitative estimate of drug-likeness (QED) is 0.729. The number of rotatable bonds is 1. The van der Waals surface area contributed by atoms with Crippen LogP contribution in [0.4, 0.5) is 5.69 Å². The monoisotopic (exact) mass is 285 g/mol. The first kappa shape index (κ1) is 13.0. The molecular formula is C16H16ClN3. The van der Waals surface area contributed by atoms with E-state index in [0.29, 0.717) is 0 Å². The van der Waals surface area contributed by atoms with Crippen LogP contribution in [0.5, 0.6) is 0 Å². The number of aromatic nitrogens is 2. The van der Waals surface area contributed by atoms with E-state index in [2.05, 4.69) is 17.4 Å². The fraction of sp³-hybridized carbons (Fsp3) is 0.188. The summed E-state index contributed by atoms with van der Waals surface area (Å²) in [5.41, 5.74) is 12.9. The number of nitrogens with two attached hydrogens (primary N) is 1. The minimum absolute atomic E-state index is 0.774. The van der Waals surface area contributed by atoms with E-state index in [4.69, 9.17) is 22.3 Å². The number of imidazole rings is 1. The molecule has 102 valence electrons. The van der Waals surface area contributed by atoms with E-state index in [1.807, 2.05) is 38.1 Å². The Balaban J connectivity index is 2.29. The largest absolute Gasteiger partial charge is 0.397 e. The topological polar surface area (TPSA) is 43.3 Å². The molecule has 0 saturated heterocycles. The number of hydrogen-bond donors (Lipinski definition) is 1. The fourth-order valence-electron chi connectivity index (χ4n) is 2.54. The van der Waals surface area contributed by atoms with E-state index in [1.165, 1.54) is 0 Å². The molecule has 0 aliphatic rings. The second-order valence-electron chi connectivity index (χ2n) is 5.08. The van der Waals surface area contributed by atoms with Crippen LogP contribution >= 0.6 is 11.6 Å². The van der Waals surface area contributed by atoms with Crippen LogP contribution in [0.1, 0.15) is 17.0 Å². The van der Waals surface area contributed by atoms with Gasteiger partial charge in [-0.15, -0.1) is 0 Å². The van der Waals surface area contributed by atoms with Crippen molar-refractivity contribution in [3.05, 3.63) is 52.3 Å². The van der Waals surface area contributed by atoms with Crippen molar-refractivity contribution in [1.29, 1.82) is 0 Å². The lowest BCUT2D eigenvalue weighted by atomic mass is 10.1. The van der Waals surface area contributed by atoms with Crippen LogP contribution in [0.2, 0.25) is 5.02 Å². The third kappa shape index (κ3) is 1.86. The summed E-state index contributed by atoms with van der Waals surface area (Å²) in [5.74, 6) is 0. The zero-order valence-electron chi connectivity index (χ0n) is 11.7. The number of nitrogens with zero attached hydrogens (tertiary/aromatic N) is 2. The standard InChI is InChI=1S/C16H16ClN3/c1-9-8-12(4-5-13(9)17)16-11(3)20-10(2)14(18)6-7-15(20)19-16/h4-8H,18H2,1-3H3. The van der Waals surface area contributed by atoms with Gasteiger partial charge in [0.2, 0.25) is 0 Å². The molecule has 0 spiro atoms. The smallest absolute Gasteiger partial charge is 0.138 e. The average molecular weight is 286 g/mol. The number of nitrogen functional groups attached to an aromatic ring is 1.